The molecule has 1 heterocycles. The number of ether oxygens (including phenoxy) is 1. The van der Waals surface area contributed by atoms with Crippen LogP contribution in [-0.4, -0.2) is 23.5 Å². The Morgan fingerprint density at radius 2 is 2.17 bits per heavy atom. The van der Waals surface area contributed by atoms with Gasteiger partial charge in [-0.2, -0.15) is 0 Å². The Morgan fingerprint density at radius 3 is 2.78 bits per heavy atom. The van der Waals surface area contributed by atoms with E-state index in [1.54, 1.807) is 13.0 Å². The van der Waals surface area contributed by atoms with Crippen molar-refractivity contribution in [2.24, 2.45) is 5.92 Å². The van der Waals surface area contributed by atoms with Crippen LogP contribution >= 0.6 is 0 Å². The van der Waals surface area contributed by atoms with E-state index in [1.807, 2.05) is 13.8 Å². The van der Waals surface area contributed by atoms with Crippen molar-refractivity contribution in [2.45, 2.75) is 27.2 Å². The van der Waals surface area contributed by atoms with Crippen LogP contribution in [0.4, 0.5) is 5.69 Å². The van der Waals surface area contributed by atoms with Crippen molar-refractivity contribution in [1.29, 1.82) is 0 Å². The largest absolute Gasteiger partial charge is 0.462 e. The van der Waals surface area contributed by atoms with Gasteiger partial charge in [-0.15, -0.1) is 0 Å². The molecule has 0 bridgehead atoms. The maximum absolute atomic E-state index is 11.7. The van der Waals surface area contributed by atoms with E-state index >= 15 is 0 Å². The molecule has 0 fully saturated rings. The summed E-state index contributed by atoms with van der Waals surface area (Å²) in [5.74, 6) is -0.343. The fourth-order valence-electron chi connectivity index (χ4n) is 1.45. The minimum atomic E-state index is -0.481. The SMILES string of the molecule is CCOC(=O)c1cnccc1NC(=O)CC(C)C. The van der Waals surface area contributed by atoms with E-state index in [2.05, 4.69) is 10.3 Å². The first-order chi connectivity index (χ1) is 8.54. The molecule has 0 atom stereocenters. The van der Waals surface area contributed by atoms with Crippen LogP contribution in [0.25, 0.3) is 0 Å². The molecule has 0 aliphatic carbocycles. The summed E-state index contributed by atoms with van der Waals surface area (Å²) in [7, 11) is 0. The average Bonchev–Trinajstić information content (AvgIpc) is 2.28. The molecule has 98 valence electrons. The molecule has 0 saturated carbocycles. The first kappa shape index (κ1) is 14.2. The Morgan fingerprint density at radius 1 is 1.44 bits per heavy atom. The number of nitrogens with one attached hydrogen (secondary N) is 1. The maximum atomic E-state index is 11.7. The first-order valence-corrected chi connectivity index (χ1v) is 5.95. The number of nitrogens with zero attached hydrogens (tertiary/aromatic N) is 1. The van der Waals surface area contributed by atoms with Crippen LogP contribution in [-0.2, 0) is 9.53 Å². The lowest BCUT2D eigenvalue weighted by Crippen LogP contribution is -2.17. The van der Waals surface area contributed by atoms with Gasteiger partial charge in [-0.1, -0.05) is 13.8 Å². The van der Waals surface area contributed by atoms with E-state index < -0.39 is 5.97 Å². The normalized spacial score (nSPS) is 10.2. The van der Waals surface area contributed by atoms with Gasteiger partial charge in [0, 0.05) is 18.8 Å². The van der Waals surface area contributed by atoms with Gasteiger partial charge in [0.25, 0.3) is 0 Å². The van der Waals surface area contributed by atoms with Crippen molar-refractivity contribution >= 4 is 17.6 Å². The lowest BCUT2D eigenvalue weighted by atomic mass is 10.1. The van der Waals surface area contributed by atoms with E-state index in [9.17, 15) is 9.59 Å². The van der Waals surface area contributed by atoms with E-state index in [4.69, 9.17) is 4.74 Å². The minimum absolute atomic E-state index is 0.123. The van der Waals surface area contributed by atoms with Gasteiger partial charge in [-0.05, 0) is 18.9 Å². The van der Waals surface area contributed by atoms with Crippen LogP contribution in [0.2, 0.25) is 0 Å². The van der Waals surface area contributed by atoms with Crippen LogP contribution in [0.1, 0.15) is 37.6 Å². The Balaban J connectivity index is 2.82. The van der Waals surface area contributed by atoms with Crippen molar-refractivity contribution in [1.82, 2.24) is 4.98 Å². The average molecular weight is 250 g/mol. The molecule has 5 nitrogen and oxygen atoms in total. The van der Waals surface area contributed by atoms with Gasteiger partial charge in [0.1, 0.15) is 5.56 Å². The zero-order valence-electron chi connectivity index (χ0n) is 10.9. The molecule has 0 spiro atoms. The van der Waals surface area contributed by atoms with Crippen molar-refractivity contribution in [3.63, 3.8) is 0 Å². The molecule has 1 aromatic rings. The predicted octanol–water partition coefficient (Wildman–Crippen LogP) is 2.24. The predicted molar refractivity (Wildman–Crippen MR) is 68.3 cm³/mol. The molecule has 1 rings (SSSR count). The van der Waals surface area contributed by atoms with Gasteiger partial charge >= 0.3 is 5.97 Å². The molecule has 0 unspecified atom stereocenters. The number of hydrogen-bond donors (Lipinski definition) is 1. The molecule has 0 aliphatic rings. The summed E-state index contributed by atoms with van der Waals surface area (Å²) in [6.45, 7) is 5.93. The zero-order valence-corrected chi connectivity index (χ0v) is 10.9. The third-order valence-electron chi connectivity index (χ3n) is 2.18. The fraction of sp³-hybridized carbons (Fsp3) is 0.462. The quantitative estimate of drug-likeness (QED) is 0.814. The summed E-state index contributed by atoms with van der Waals surface area (Å²) in [6.07, 6.45) is 3.32. The van der Waals surface area contributed by atoms with E-state index in [-0.39, 0.29) is 24.0 Å². The van der Waals surface area contributed by atoms with E-state index in [1.165, 1.54) is 12.4 Å². The molecular formula is C13H18N2O3. The molecule has 1 aromatic heterocycles. The van der Waals surface area contributed by atoms with Crippen LogP contribution in [0.5, 0.6) is 0 Å². The Kier molecular flexibility index (Phi) is 5.30. The number of hydrogen-bond acceptors (Lipinski definition) is 4. The van der Waals surface area contributed by atoms with Gasteiger partial charge in [0.15, 0.2) is 0 Å². The van der Waals surface area contributed by atoms with E-state index in [0.29, 0.717) is 12.1 Å². The second-order valence-electron chi connectivity index (χ2n) is 4.29. The molecular weight excluding hydrogens is 232 g/mol. The summed E-state index contributed by atoms with van der Waals surface area (Å²) >= 11 is 0. The van der Waals surface area contributed by atoms with Gasteiger partial charge in [0.05, 0.1) is 12.3 Å². The number of rotatable bonds is 5. The summed E-state index contributed by atoms with van der Waals surface area (Å²) < 4.78 is 4.90. The molecule has 1 amide bonds. The Bertz CT molecular complexity index is 430. The maximum Gasteiger partial charge on any atom is 0.341 e. The summed E-state index contributed by atoms with van der Waals surface area (Å²) in [4.78, 5) is 27.2. The van der Waals surface area contributed by atoms with Crippen LogP contribution < -0.4 is 5.32 Å². The standard InChI is InChI=1S/C13H18N2O3/c1-4-18-13(17)10-8-14-6-5-11(10)15-12(16)7-9(2)3/h5-6,8-9H,4,7H2,1-3H3,(H,14,15,16). The van der Waals surface area contributed by atoms with Crippen molar-refractivity contribution in [3.8, 4) is 0 Å². The highest BCUT2D eigenvalue weighted by Crippen LogP contribution is 2.15. The summed E-state index contributed by atoms with van der Waals surface area (Å²) in [5.41, 5.74) is 0.713. The highest BCUT2D eigenvalue weighted by molar-refractivity contribution is 6.00. The number of aromatic nitrogens is 1. The summed E-state index contributed by atoms with van der Waals surface area (Å²) in [5, 5.41) is 2.70. The van der Waals surface area contributed by atoms with Crippen LogP contribution in [0.3, 0.4) is 0 Å². The van der Waals surface area contributed by atoms with Gasteiger partial charge in [-0.3, -0.25) is 9.78 Å². The molecule has 0 aliphatic heterocycles. The molecule has 0 saturated heterocycles. The van der Waals surface area contributed by atoms with E-state index in [0.717, 1.165) is 0 Å². The lowest BCUT2D eigenvalue weighted by Gasteiger charge is -2.10. The topological polar surface area (TPSA) is 68.3 Å². The number of carbonyl (C=O) groups excluding carboxylic acids is 2. The lowest BCUT2D eigenvalue weighted by molar-refractivity contribution is -0.116. The molecule has 0 radical (unpaired) electrons. The highest BCUT2D eigenvalue weighted by atomic mass is 16.5. The number of esters is 1. The number of carbonyl (C=O) groups is 2. The number of pyridine rings is 1. The Hall–Kier alpha value is -1.91. The van der Waals surface area contributed by atoms with Crippen molar-refractivity contribution in [2.75, 3.05) is 11.9 Å². The number of amides is 1. The van der Waals surface area contributed by atoms with Gasteiger partial charge in [-0.25, -0.2) is 4.79 Å². The second-order valence-corrected chi connectivity index (χ2v) is 4.29. The van der Waals surface area contributed by atoms with Gasteiger partial charge in [0.2, 0.25) is 5.91 Å². The fourth-order valence-corrected chi connectivity index (χ4v) is 1.45. The summed E-state index contributed by atoms with van der Waals surface area (Å²) in [6, 6.07) is 1.59. The molecule has 1 N–H and O–H groups in total. The second kappa shape index (κ2) is 6.74. The van der Waals surface area contributed by atoms with Gasteiger partial charge < -0.3 is 10.1 Å². The first-order valence-electron chi connectivity index (χ1n) is 5.95. The third-order valence-corrected chi connectivity index (χ3v) is 2.18. The van der Waals surface area contributed by atoms with Crippen LogP contribution in [0, 0.1) is 5.92 Å². The highest BCUT2D eigenvalue weighted by Gasteiger charge is 2.14. The molecule has 0 aromatic carbocycles. The van der Waals surface area contributed by atoms with Crippen molar-refractivity contribution < 1.29 is 14.3 Å². The van der Waals surface area contributed by atoms with Crippen LogP contribution in [0.15, 0.2) is 18.5 Å². The minimum Gasteiger partial charge on any atom is -0.462 e. The monoisotopic (exact) mass is 250 g/mol. The zero-order chi connectivity index (χ0) is 13.5. The third kappa shape index (κ3) is 4.16. The smallest absolute Gasteiger partial charge is 0.341 e. The molecule has 5 heteroatoms. The van der Waals surface area contributed by atoms with Crippen molar-refractivity contribution in [3.05, 3.63) is 24.0 Å². The Labute approximate surface area is 107 Å². The molecule has 18 heavy (non-hydrogen) atoms. The number of anilines is 1.